The number of halogens is 1. The van der Waals surface area contributed by atoms with Gasteiger partial charge in [-0.25, -0.2) is 15.0 Å². The average Bonchev–Trinajstić information content (AvgIpc) is 3.09. The molecule has 2 aromatic heterocycles. The first-order chi connectivity index (χ1) is 13.9. The summed E-state index contributed by atoms with van der Waals surface area (Å²) in [6.45, 7) is 3.79. The van der Waals surface area contributed by atoms with E-state index >= 15 is 0 Å². The molecule has 0 aliphatic heterocycles. The van der Waals surface area contributed by atoms with Crippen LogP contribution in [0.5, 0.6) is 0 Å². The molecule has 10 heteroatoms. The van der Waals surface area contributed by atoms with Crippen LogP contribution >= 0.6 is 22.9 Å². The van der Waals surface area contributed by atoms with Crippen molar-refractivity contribution in [2.45, 2.75) is 13.8 Å². The summed E-state index contributed by atoms with van der Waals surface area (Å²) in [5.74, 6) is 0.124. The van der Waals surface area contributed by atoms with Crippen LogP contribution in [0.15, 0.2) is 42.7 Å². The highest BCUT2D eigenvalue weighted by Crippen LogP contribution is 2.36. The zero-order valence-electron chi connectivity index (χ0n) is 15.4. The third-order valence-electron chi connectivity index (χ3n) is 4.37. The molecular weight excluding hydrogens is 412 g/mol. The second-order valence-corrected chi connectivity index (χ2v) is 7.72. The summed E-state index contributed by atoms with van der Waals surface area (Å²) in [6, 6.07) is 11.1. The molecule has 0 saturated heterocycles. The lowest BCUT2D eigenvalue weighted by atomic mass is 10.2. The summed E-state index contributed by atoms with van der Waals surface area (Å²) >= 11 is 7.54. The Morgan fingerprint density at radius 2 is 1.79 bits per heavy atom. The molecule has 0 spiro atoms. The van der Waals surface area contributed by atoms with Gasteiger partial charge in [0.05, 0.1) is 15.1 Å². The van der Waals surface area contributed by atoms with Crippen LogP contribution in [-0.4, -0.2) is 19.9 Å². The summed E-state index contributed by atoms with van der Waals surface area (Å²) in [7, 11) is 0. The molecule has 0 amide bonds. The van der Waals surface area contributed by atoms with E-state index in [1.807, 2.05) is 32.0 Å². The second kappa shape index (κ2) is 7.61. The number of para-hydroxylation sites is 1. The van der Waals surface area contributed by atoms with Gasteiger partial charge in [0.1, 0.15) is 6.33 Å². The third-order valence-corrected chi connectivity index (χ3v) is 5.72. The Bertz CT molecular complexity index is 1240. The molecule has 0 aliphatic rings. The van der Waals surface area contributed by atoms with Gasteiger partial charge in [0.2, 0.25) is 11.6 Å². The van der Waals surface area contributed by atoms with E-state index in [0.717, 1.165) is 21.3 Å². The normalized spacial score (nSPS) is 10.9. The van der Waals surface area contributed by atoms with E-state index in [4.69, 9.17) is 11.6 Å². The van der Waals surface area contributed by atoms with E-state index in [1.54, 1.807) is 18.2 Å². The minimum Gasteiger partial charge on any atom is -0.334 e. The Labute approximate surface area is 174 Å². The molecule has 4 rings (SSSR count). The maximum Gasteiger partial charge on any atom is 0.353 e. The van der Waals surface area contributed by atoms with Gasteiger partial charge in [-0.2, -0.15) is 0 Å². The fourth-order valence-electron chi connectivity index (χ4n) is 2.85. The average molecular weight is 427 g/mol. The van der Waals surface area contributed by atoms with Crippen molar-refractivity contribution in [3.63, 3.8) is 0 Å². The lowest BCUT2D eigenvalue weighted by molar-refractivity contribution is -0.383. The molecule has 4 aromatic rings. The Balaban J connectivity index is 1.74. The van der Waals surface area contributed by atoms with Crippen molar-refractivity contribution in [2.75, 3.05) is 10.6 Å². The van der Waals surface area contributed by atoms with E-state index in [0.29, 0.717) is 15.8 Å². The molecule has 0 radical (unpaired) electrons. The molecule has 29 heavy (non-hydrogen) atoms. The molecule has 2 aromatic carbocycles. The lowest BCUT2D eigenvalue weighted by Gasteiger charge is -2.11. The number of hydrogen-bond acceptors (Lipinski definition) is 8. The first-order valence-corrected chi connectivity index (χ1v) is 9.78. The maximum absolute atomic E-state index is 11.8. The SMILES string of the molecule is Cc1c(Cl)cccc1Nc1ncnc(Nc2nc3c(C)cccc3s2)c1[N+](=O)[O-]. The third kappa shape index (κ3) is 3.69. The van der Waals surface area contributed by atoms with Crippen LogP contribution in [0.2, 0.25) is 5.02 Å². The van der Waals surface area contributed by atoms with Crippen molar-refractivity contribution < 1.29 is 4.92 Å². The molecule has 0 saturated carbocycles. The number of thiazole rings is 1. The van der Waals surface area contributed by atoms with Gasteiger partial charge in [0.15, 0.2) is 5.13 Å². The van der Waals surface area contributed by atoms with Crippen molar-refractivity contribution in [1.82, 2.24) is 15.0 Å². The molecule has 0 unspecified atom stereocenters. The number of fused-ring (bicyclic) bond motifs is 1. The zero-order chi connectivity index (χ0) is 20.5. The fourth-order valence-corrected chi connectivity index (χ4v) is 3.96. The van der Waals surface area contributed by atoms with Crippen molar-refractivity contribution >= 4 is 61.3 Å². The fraction of sp³-hybridized carbons (Fsp3) is 0.105. The summed E-state index contributed by atoms with van der Waals surface area (Å²) in [4.78, 5) is 23.9. The van der Waals surface area contributed by atoms with Gasteiger partial charge >= 0.3 is 5.69 Å². The van der Waals surface area contributed by atoms with Crippen LogP contribution in [0.4, 0.5) is 28.1 Å². The van der Waals surface area contributed by atoms with Crippen LogP contribution in [0.25, 0.3) is 10.2 Å². The topological polar surface area (TPSA) is 106 Å². The summed E-state index contributed by atoms with van der Waals surface area (Å²) < 4.78 is 0.983. The number of nitro groups is 1. The van der Waals surface area contributed by atoms with Crippen LogP contribution in [0, 0.1) is 24.0 Å². The highest BCUT2D eigenvalue weighted by molar-refractivity contribution is 7.22. The number of anilines is 4. The molecule has 2 heterocycles. The van der Waals surface area contributed by atoms with Gasteiger partial charge in [-0.1, -0.05) is 41.1 Å². The Kier molecular flexibility index (Phi) is 4.99. The van der Waals surface area contributed by atoms with Gasteiger partial charge in [-0.3, -0.25) is 10.1 Å². The van der Waals surface area contributed by atoms with Gasteiger partial charge in [-0.05, 0) is 43.2 Å². The van der Waals surface area contributed by atoms with Crippen LogP contribution in [-0.2, 0) is 0 Å². The summed E-state index contributed by atoms with van der Waals surface area (Å²) in [6.07, 6.45) is 1.26. The predicted octanol–water partition coefficient (Wildman–Crippen LogP) is 5.75. The Morgan fingerprint density at radius 3 is 2.52 bits per heavy atom. The van der Waals surface area contributed by atoms with E-state index in [9.17, 15) is 10.1 Å². The van der Waals surface area contributed by atoms with E-state index in [1.165, 1.54) is 17.7 Å². The largest absolute Gasteiger partial charge is 0.353 e. The number of aryl methyl sites for hydroxylation is 1. The van der Waals surface area contributed by atoms with Crippen LogP contribution in [0.1, 0.15) is 11.1 Å². The molecular formula is C19H15ClN6O2S. The maximum atomic E-state index is 11.8. The molecule has 0 fully saturated rings. The summed E-state index contributed by atoms with van der Waals surface area (Å²) in [5.41, 5.74) is 2.99. The quantitative estimate of drug-likeness (QED) is 0.309. The molecule has 0 aliphatic carbocycles. The standard InChI is InChI=1S/C19H15ClN6O2S/c1-10-5-3-8-14-15(10)24-19(29-14)25-18-16(26(27)28)17(21-9-22-18)23-13-7-4-6-12(20)11(13)2/h3-9H,1-2H3,(H2,21,22,23,24,25). The number of nitrogens with zero attached hydrogens (tertiary/aromatic N) is 4. The number of rotatable bonds is 5. The molecule has 146 valence electrons. The lowest BCUT2D eigenvalue weighted by Crippen LogP contribution is -2.06. The highest BCUT2D eigenvalue weighted by atomic mass is 35.5. The number of aromatic nitrogens is 3. The van der Waals surface area contributed by atoms with Crippen molar-refractivity contribution in [3.05, 3.63) is 69.0 Å². The van der Waals surface area contributed by atoms with Gasteiger partial charge in [0.25, 0.3) is 0 Å². The second-order valence-electron chi connectivity index (χ2n) is 6.28. The smallest absolute Gasteiger partial charge is 0.334 e. The van der Waals surface area contributed by atoms with E-state index < -0.39 is 4.92 Å². The van der Waals surface area contributed by atoms with Crippen molar-refractivity contribution in [1.29, 1.82) is 0 Å². The Hall–Kier alpha value is -3.30. The van der Waals surface area contributed by atoms with Crippen molar-refractivity contribution in [3.8, 4) is 0 Å². The summed E-state index contributed by atoms with van der Waals surface area (Å²) in [5, 5.41) is 18.8. The Morgan fingerprint density at radius 1 is 1.07 bits per heavy atom. The molecule has 8 nitrogen and oxygen atoms in total. The zero-order valence-corrected chi connectivity index (χ0v) is 17.0. The van der Waals surface area contributed by atoms with E-state index in [-0.39, 0.29) is 17.3 Å². The molecule has 0 bridgehead atoms. The van der Waals surface area contributed by atoms with Gasteiger partial charge in [0, 0.05) is 10.7 Å². The number of hydrogen-bond donors (Lipinski definition) is 2. The predicted molar refractivity (Wildman–Crippen MR) is 116 cm³/mol. The van der Waals surface area contributed by atoms with Crippen molar-refractivity contribution in [2.24, 2.45) is 0 Å². The van der Waals surface area contributed by atoms with Crippen LogP contribution in [0.3, 0.4) is 0 Å². The molecule has 2 N–H and O–H groups in total. The first-order valence-electron chi connectivity index (χ1n) is 8.58. The minimum atomic E-state index is -0.525. The van der Waals surface area contributed by atoms with E-state index in [2.05, 4.69) is 25.6 Å². The van der Waals surface area contributed by atoms with Crippen LogP contribution < -0.4 is 10.6 Å². The minimum absolute atomic E-state index is 0.0592. The molecule has 0 atom stereocenters. The first kappa shape index (κ1) is 19.0. The van der Waals surface area contributed by atoms with Gasteiger partial charge < -0.3 is 10.6 Å². The monoisotopic (exact) mass is 426 g/mol. The number of nitrogens with one attached hydrogen (secondary N) is 2. The highest BCUT2D eigenvalue weighted by Gasteiger charge is 2.24. The van der Waals surface area contributed by atoms with Gasteiger partial charge in [-0.15, -0.1) is 0 Å². The number of benzene rings is 2.